The normalized spacial score (nSPS) is 14.2. The Morgan fingerprint density at radius 3 is 0.870 bits per heavy atom. The number of hydrogen-bond acceptors (Lipinski definition) is 15. The van der Waals surface area contributed by atoms with Gasteiger partial charge < -0.3 is 33.8 Å². The number of aliphatic hydroxyl groups is 1. The van der Waals surface area contributed by atoms with E-state index in [1.54, 1.807) is 0 Å². The number of unbranched alkanes of at least 4 members (excludes halogenated alkanes) is 39. The summed E-state index contributed by atoms with van der Waals surface area (Å²) in [7, 11) is -9.92. The molecule has 0 aliphatic carbocycles. The molecule has 0 aromatic heterocycles. The summed E-state index contributed by atoms with van der Waals surface area (Å²) in [4.78, 5) is 72.7. The molecule has 0 spiro atoms. The summed E-state index contributed by atoms with van der Waals surface area (Å²) in [5.74, 6) is -2.16. The lowest BCUT2D eigenvalue weighted by Gasteiger charge is -2.21. The molecule has 0 fully saturated rings. The molecular weight excluding hydrogens is 1210 g/mol. The van der Waals surface area contributed by atoms with Crippen LogP contribution in [-0.4, -0.2) is 96.7 Å². The number of rotatable bonds is 71. The first-order valence-electron chi connectivity index (χ1n) is 37.2. The third-order valence-corrected chi connectivity index (χ3v) is 18.0. The summed E-state index contributed by atoms with van der Waals surface area (Å²) in [6, 6.07) is 0. The molecule has 540 valence electrons. The quantitative estimate of drug-likeness (QED) is 0.0169. The maximum absolute atomic E-state index is 13.0. The highest BCUT2D eigenvalue weighted by Gasteiger charge is 2.30. The number of hydrogen-bond donors (Lipinski definition) is 3. The molecule has 0 aliphatic heterocycles. The standard InChI is InChI=1S/C73H136O17P2/c1-5-9-13-17-21-25-29-33-37-41-45-49-53-57-70(75)83-63-68(89-72(77)59-55-51-47-43-39-35-31-27-23-19-15-11-7-3)65-87-91(79,80)85-61-67(74)62-86-92(81,82)88-66-69(90-73(78)60-56-52-48-44-40-36-32-28-24-20-16-12-8-4)64-84-71(76)58-54-50-46-42-38-34-30-26-22-18-14-10-6-2/h13,17,25-26,29-30,67-69,74H,5-12,14-16,18-24,27-28,31-66H2,1-4H3,(H,79,80)(H,81,82)/b17-13-,29-25-,30-26-. The zero-order chi connectivity index (χ0) is 67.5. The summed E-state index contributed by atoms with van der Waals surface area (Å²) >= 11 is 0. The van der Waals surface area contributed by atoms with Crippen molar-refractivity contribution in [1.82, 2.24) is 0 Å². The van der Waals surface area contributed by atoms with Gasteiger partial charge in [-0.3, -0.25) is 37.3 Å². The van der Waals surface area contributed by atoms with E-state index in [4.69, 9.17) is 37.0 Å². The van der Waals surface area contributed by atoms with Gasteiger partial charge >= 0.3 is 39.5 Å². The van der Waals surface area contributed by atoms with E-state index in [1.165, 1.54) is 128 Å². The van der Waals surface area contributed by atoms with Crippen LogP contribution in [0.3, 0.4) is 0 Å². The number of aliphatic hydroxyl groups excluding tert-OH is 1. The molecular formula is C73H136O17P2. The van der Waals surface area contributed by atoms with Gasteiger partial charge in [-0.15, -0.1) is 0 Å². The molecule has 0 aromatic carbocycles. The first-order valence-corrected chi connectivity index (χ1v) is 40.2. The van der Waals surface area contributed by atoms with Crippen LogP contribution in [0.1, 0.15) is 349 Å². The Morgan fingerprint density at radius 1 is 0.304 bits per heavy atom. The van der Waals surface area contributed by atoms with Gasteiger partial charge in [0.25, 0.3) is 0 Å². The van der Waals surface area contributed by atoms with Gasteiger partial charge in [0, 0.05) is 25.7 Å². The monoisotopic (exact) mass is 1350 g/mol. The van der Waals surface area contributed by atoms with E-state index in [9.17, 15) is 43.2 Å². The van der Waals surface area contributed by atoms with E-state index in [2.05, 4.69) is 64.2 Å². The van der Waals surface area contributed by atoms with Gasteiger partial charge in [0.1, 0.15) is 19.3 Å². The molecule has 5 unspecified atom stereocenters. The highest BCUT2D eigenvalue weighted by molar-refractivity contribution is 7.47. The number of ether oxygens (including phenoxy) is 4. The lowest BCUT2D eigenvalue weighted by atomic mass is 10.0. The van der Waals surface area contributed by atoms with Crippen LogP contribution in [0.15, 0.2) is 36.5 Å². The van der Waals surface area contributed by atoms with Crippen molar-refractivity contribution < 1.29 is 80.2 Å². The molecule has 0 saturated heterocycles. The number of carbonyl (C=O) groups is 4. The Balaban J connectivity index is 5.30. The molecule has 0 heterocycles. The number of esters is 4. The second kappa shape index (κ2) is 66.9. The lowest BCUT2D eigenvalue weighted by Crippen LogP contribution is -2.30. The second-order valence-electron chi connectivity index (χ2n) is 25.2. The average molecular weight is 1350 g/mol. The van der Waals surface area contributed by atoms with Gasteiger partial charge in [-0.05, 0) is 77.0 Å². The van der Waals surface area contributed by atoms with Gasteiger partial charge in [-0.1, -0.05) is 282 Å². The second-order valence-corrected chi connectivity index (χ2v) is 28.2. The Morgan fingerprint density at radius 2 is 0.554 bits per heavy atom. The largest absolute Gasteiger partial charge is 0.472 e. The van der Waals surface area contributed by atoms with Crippen LogP contribution < -0.4 is 0 Å². The molecule has 19 heteroatoms. The summed E-state index contributed by atoms with van der Waals surface area (Å²) < 4.78 is 68.3. The summed E-state index contributed by atoms with van der Waals surface area (Å²) in [5.41, 5.74) is 0. The molecule has 5 atom stereocenters. The Kier molecular flexibility index (Phi) is 64.9. The van der Waals surface area contributed by atoms with Crippen molar-refractivity contribution in [2.24, 2.45) is 0 Å². The molecule has 17 nitrogen and oxygen atoms in total. The van der Waals surface area contributed by atoms with Crippen molar-refractivity contribution in [3.05, 3.63) is 36.5 Å². The van der Waals surface area contributed by atoms with E-state index in [1.807, 2.05) is 0 Å². The predicted molar refractivity (Wildman–Crippen MR) is 372 cm³/mol. The first kappa shape index (κ1) is 89.3. The minimum absolute atomic E-state index is 0.100. The van der Waals surface area contributed by atoms with E-state index >= 15 is 0 Å². The van der Waals surface area contributed by atoms with Crippen molar-refractivity contribution in [3.63, 3.8) is 0 Å². The number of phosphoric acid groups is 2. The van der Waals surface area contributed by atoms with Gasteiger partial charge in [0.2, 0.25) is 0 Å². The van der Waals surface area contributed by atoms with Gasteiger partial charge in [-0.25, -0.2) is 9.13 Å². The van der Waals surface area contributed by atoms with E-state index < -0.39 is 97.5 Å². The third-order valence-electron chi connectivity index (χ3n) is 16.1. The molecule has 0 aliphatic rings. The molecule has 0 rings (SSSR count). The van der Waals surface area contributed by atoms with E-state index in [-0.39, 0.29) is 25.7 Å². The number of carbonyl (C=O) groups excluding carboxylic acids is 4. The van der Waals surface area contributed by atoms with Gasteiger partial charge in [-0.2, -0.15) is 0 Å². The van der Waals surface area contributed by atoms with Crippen LogP contribution in [0.2, 0.25) is 0 Å². The topological polar surface area (TPSA) is 237 Å². The maximum Gasteiger partial charge on any atom is 0.472 e. The summed E-state index contributed by atoms with van der Waals surface area (Å²) in [5, 5.41) is 10.6. The smallest absolute Gasteiger partial charge is 0.462 e. The van der Waals surface area contributed by atoms with Gasteiger partial charge in [0.05, 0.1) is 26.4 Å². The van der Waals surface area contributed by atoms with Gasteiger partial charge in [0.15, 0.2) is 12.2 Å². The molecule has 0 bridgehead atoms. The Hall–Kier alpha value is -2.72. The fraction of sp³-hybridized carbons (Fsp3) is 0.863. The Bertz CT molecular complexity index is 1900. The molecule has 3 N–H and O–H groups in total. The highest BCUT2D eigenvalue weighted by Crippen LogP contribution is 2.45. The van der Waals surface area contributed by atoms with Crippen LogP contribution in [0, 0.1) is 0 Å². The molecule has 0 aromatic rings. The number of phosphoric ester groups is 2. The van der Waals surface area contributed by atoms with Crippen molar-refractivity contribution >= 4 is 39.5 Å². The molecule has 0 saturated carbocycles. The maximum atomic E-state index is 13.0. The summed E-state index contributed by atoms with van der Waals surface area (Å²) in [6.45, 7) is 4.83. The van der Waals surface area contributed by atoms with Crippen LogP contribution in [-0.2, 0) is 65.4 Å². The van der Waals surface area contributed by atoms with Crippen molar-refractivity contribution in [1.29, 1.82) is 0 Å². The average Bonchev–Trinajstić information content (AvgIpc) is 3.63. The van der Waals surface area contributed by atoms with Crippen LogP contribution in [0.5, 0.6) is 0 Å². The van der Waals surface area contributed by atoms with E-state index in [0.717, 1.165) is 141 Å². The molecule has 0 amide bonds. The predicted octanol–water partition coefficient (Wildman–Crippen LogP) is 20.8. The fourth-order valence-electron chi connectivity index (χ4n) is 10.4. The Labute approximate surface area is 560 Å². The highest BCUT2D eigenvalue weighted by atomic mass is 31.2. The zero-order valence-corrected chi connectivity index (χ0v) is 60.5. The van der Waals surface area contributed by atoms with Crippen molar-refractivity contribution in [2.45, 2.75) is 367 Å². The number of allylic oxidation sites excluding steroid dienone is 6. The van der Waals surface area contributed by atoms with Crippen molar-refractivity contribution in [3.8, 4) is 0 Å². The fourth-order valence-corrected chi connectivity index (χ4v) is 12.0. The minimum atomic E-state index is -4.96. The third kappa shape index (κ3) is 65.9. The zero-order valence-electron chi connectivity index (χ0n) is 58.7. The SMILES string of the molecule is CCC/C=C\C/C=C\CCCCCCCC(=O)OCC(COP(=O)(O)OCC(O)COP(=O)(O)OCC(COC(=O)CCCCCCC/C=C\CCCCCC)OC(=O)CCCCCCCCCCCCCCC)OC(=O)CCCCCCCCCCCCCCC. The molecule has 92 heavy (non-hydrogen) atoms. The molecule has 0 radical (unpaired) electrons. The summed E-state index contributed by atoms with van der Waals surface area (Å²) in [6.07, 6.45) is 59.9. The van der Waals surface area contributed by atoms with Crippen LogP contribution in [0.25, 0.3) is 0 Å². The lowest BCUT2D eigenvalue weighted by molar-refractivity contribution is -0.161. The van der Waals surface area contributed by atoms with E-state index in [0.29, 0.717) is 25.7 Å². The van der Waals surface area contributed by atoms with Crippen LogP contribution >= 0.6 is 15.6 Å². The minimum Gasteiger partial charge on any atom is -0.462 e. The van der Waals surface area contributed by atoms with Crippen LogP contribution in [0.4, 0.5) is 0 Å². The first-order chi connectivity index (χ1) is 44.7. The van der Waals surface area contributed by atoms with Crippen molar-refractivity contribution in [2.75, 3.05) is 39.6 Å².